The zero-order chi connectivity index (χ0) is 13.0. The maximum Gasteiger partial charge on any atom is 0.256 e. The minimum atomic E-state index is -0.494. The number of methoxy groups -OCH3 is 1. The third kappa shape index (κ3) is 2.71. The van der Waals surface area contributed by atoms with Crippen LogP contribution < -0.4 is 5.32 Å². The van der Waals surface area contributed by atoms with Gasteiger partial charge >= 0.3 is 0 Å². The smallest absolute Gasteiger partial charge is 0.256 e. The molecule has 0 aromatic heterocycles. The van der Waals surface area contributed by atoms with Crippen molar-refractivity contribution in [1.29, 1.82) is 0 Å². The number of hydrogen-bond donors (Lipinski definition) is 1. The summed E-state index contributed by atoms with van der Waals surface area (Å²) in [5.74, 6) is 0.0534. The highest BCUT2D eigenvalue weighted by Gasteiger charge is 2.30. The number of carbonyl (C=O) groups excluding carboxylic acids is 1. The lowest BCUT2D eigenvalue weighted by Gasteiger charge is -2.36. The molecule has 18 heavy (non-hydrogen) atoms. The summed E-state index contributed by atoms with van der Waals surface area (Å²) in [6.07, 6.45) is -0.494. The van der Waals surface area contributed by atoms with Crippen molar-refractivity contribution in [3.05, 3.63) is 35.9 Å². The van der Waals surface area contributed by atoms with Crippen LogP contribution in [0.3, 0.4) is 0 Å². The Bertz CT molecular complexity index is 394. The van der Waals surface area contributed by atoms with Crippen LogP contribution in [-0.4, -0.2) is 43.6 Å². The third-order valence-electron chi connectivity index (χ3n) is 3.35. The lowest BCUT2D eigenvalue weighted by molar-refractivity contribution is -0.145. The average Bonchev–Trinajstić information content (AvgIpc) is 2.41. The van der Waals surface area contributed by atoms with Crippen LogP contribution in [0.25, 0.3) is 0 Å². The van der Waals surface area contributed by atoms with E-state index >= 15 is 0 Å². The highest BCUT2D eigenvalue weighted by atomic mass is 16.5. The molecule has 0 aliphatic carbocycles. The van der Waals surface area contributed by atoms with Gasteiger partial charge in [0.25, 0.3) is 5.91 Å². The van der Waals surface area contributed by atoms with Crippen LogP contribution in [0.4, 0.5) is 0 Å². The molecule has 98 valence electrons. The molecule has 4 heteroatoms. The van der Waals surface area contributed by atoms with Gasteiger partial charge in [0.1, 0.15) is 0 Å². The summed E-state index contributed by atoms with van der Waals surface area (Å²) < 4.78 is 5.39. The quantitative estimate of drug-likeness (QED) is 0.873. The maximum absolute atomic E-state index is 12.5. The number of rotatable bonds is 3. The van der Waals surface area contributed by atoms with Crippen LogP contribution in [0.2, 0.25) is 0 Å². The molecule has 1 aliphatic rings. The molecule has 0 saturated carbocycles. The van der Waals surface area contributed by atoms with Crippen LogP contribution in [-0.2, 0) is 9.53 Å². The monoisotopic (exact) mass is 248 g/mol. The van der Waals surface area contributed by atoms with Gasteiger partial charge in [0.15, 0.2) is 6.10 Å². The predicted octanol–water partition coefficient (Wildman–Crippen LogP) is 1.19. The summed E-state index contributed by atoms with van der Waals surface area (Å²) in [7, 11) is 1.59. The van der Waals surface area contributed by atoms with Crippen molar-refractivity contribution in [2.24, 2.45) is 0 Å². The number of nitrogens with one attached hydrogen (secondary N) is 1. The molecule has 1 heterocycles. The van der Waals surface area contributed by atoms with Crippen LogP contribution >= 0.6 is 0 Å². The molecule has 2 rings (SSSR count). The van der Waals surface area contributed by atoms with Gasteiger partial charge in [0.2, 0.25) is 0 Å². The fraction of sp³-hybridized carbons (Fsp3) is 0.500. The summed E-state index contributed by atoms with van der Waals surface area (Å²) in [5.41, 5.74) is 0.913. The van der Waals surface area contributed by atoms with Crippen molar-refractivity contribution in [3.8, 4) is 0 Å². The van der Waals surface area contributed by atoms with Gasteiger partial charge in [-0.3, -0.25) is 4.79 Å². The van der Waals surface area contributed by atoms with Gasteiger partial charge in [-0.15, -0.1) is 0 Å². The van der Waals surface area contributed by atoms with Crippen LogP contribution in [0.5, 0.6) is 0 Å². The van der Waals surface area contributed by atoms with E-state index in [-0.39, 0.29) is 11.9 Å². The van der Waals surface area contributed by atoms with Gasteiger partial charge in [0, 0.05) is 32.8 Å². The predicted molar refractivity (Wildman–Crippen MR) is 70.2 cm³/mol. The van der Waals surface area contributed by atoms with E-state index in [4.69, 9.17) is 4.74 Å². The number of amides is 1. The van der Waals surface area contributed by atoms with Gasteiger partial charge in [-0.05, 0) is 12.5 Å². The molecule has 0 spiro atoms. The molecule has 1 N–H and O–H groups in total. The second-order valence-corrected chi connectivity index (χ2v) is 4.61. The van der Waals surface area contributed by atoms with Gasteiger partial charge < -0.3 is 15.0 Å². The summed E-state index contributed by atoms with van der Waals surface area (Å²) in [5, 5.41) is 3.28. The largest absolute Gasteiger partial charge is 0.367 e. The zero-order valence-corrected chi connectivity index (χ0v) is 10.9. The Balaban J connectivity index is 2.15. The topological polar surface area (TPSA) is 41.6 Å². The van der Waals surface area contributed by atoms with Crippen molar-refractivity contribution >= 4 is 5.91 Å². The first-order valence-electron chi connectivity index (χ1n) is 6.33. The third-order valence-corrected chi connectivity index (χ3v) is 3.35. The van der Waals surface area contributed by atoms with E-state index in [0.29, 0.717) is 0 Å². The molecule has 0 radical (unpaired) electrons. The summed E-state index contributed by atoms with van der Waals surface area (Å²) in [6, 6.07) is 9.87. The number of benzene rings is 1. The van der Waals surface area contributed by atoms with E-state index in [1.165, 1.54) is 0 Å². The van der Waals surface area contributed by atoms with Crippen LogP contribution in [0.15, 0.2) is 30.3 Å². The molecule has 1 aromatic rings. The molecule has 1 saturated heterocycles. The molecule has 1 amide bonds. The average molecular weight is 248 g/mol. The first kappa shape index (κ1) is 13.1. The Labute approximate surface area is 108 Å². The lowest BCUT2D eigenvalue weighted by Crippen LogP contribution is -2.53. The zero-order valence-electron chi connectivity index (χ0n) is 10.9. The first-order valence-corrected chi connectivity index (χ1v) is 6.33. The molecule has 1 fully saturated rings. The number of hydrogen-bond acceptors (Lipinski definition) is 3. The Kier molecular flexibility index (Phi) is 4.33. The van der Waals surface area contributed by atoms with E-state index in [1.54, 1.807) is 7.11 Å². The van der Waals surface area contributed by atoms with Crippen molar-refractivity contribution in [1.82, 2.24) is 10.2 Å². The Morgan fingerprint density at radius 1 is 1.44 bits per heavy atom. The number of carbonyl (C=O) groups is 1. The molecule has 1 aromatic carbocycles. The number of ether oxygens (including phenoxy) is 1. The van der Waals surface area contributed by atoms with E-state index in [1.807, 2.05) is 35.2 Å². The van der Waals surface area contributed by atoms with E-state index in [0.717, 1.165) is 25.2 Å². The number of piperazine rings is 1. The Morgan fingerprint density at radius 2 is 2.17 bits per heavy atom. The molecular formula is C14H20N2O2. The van der Waals surface area contributed by atoms with Gasteiger partial charge in [-0.2, -0.15) is 0 Å². The second kappa shape index (κ2) is 5.98. The SMILES string of the molecule is COC(C(=O)N1CCNC[C@H]1C)c1ccccc1. The normalized spacial score (nSPS) is 21.7. The van der Waals surface area contributed by atoms with E-state index < -0.39 is 6.10 Å². The Morgan fingerprint density at radius 3 is 2.78 bits per heavy atom. The highest BCUT2D eigenvalue weighted by molar-refractivity contribution is 5.82. The van der Waals surface area contributed by atoms with Crippen molar-refractivity contribution in [3.63, 3.8) is 0 Å². The fourth-order valence-corrected chi connectivity index (χ4v) is 2.33. The molecule has 2 atom stereocenters. The first-order chi connectivity index (χ1) is 8.74. The van der Waals surface area contributed by atoms with Crippen LogP contribution in [0, 0.1) is 0 Å². The van der Waals surface area contributed by atoms with Crippen molar-refractivity contribution < 1.29 is 9.53 Å². The van der Waals surface area contributed by atoms with E-state index in [2.05, 4.69) is 12.2 Å². The Hall–Kier alpha value is -1.39. The summed E-state index contributed by atoms with van der Waals surface area (Å²) >= 11 is 0. The lowest BCUT2D eigenvalue weighted by atomic mass is 10.1. The van der Waals surface area contributed by atoms with Gasteiger partial charge in [-0.25, -0.2) is 0 Å². The van der Waals surface area contributed by atoms with Crippen molar-refractivity contribution in [2.45, 2.75) is 19.1 Å². The molecule has 1 unspecified atom stereocenters. The summed E-state index contributed by atoms with van der Waals surface area (Å²) in [6.45, 7) is 4.49. The highest BCUT2D eigenvalue weighted by Crippen LogP contribution is 2.20. The maximum atomic E-state index is 12.5. The molecule has 4 nitrogen and oxygen atoms in total. The van der Waals surface area contributed by atoms with Gasteiger partial charge in [-0.1, -0.05) is 30.3 Å². The molecule has 0 bridgehead atoms. The van der Waals surface area contributed by atoms with Crippen molar-refractivity contribution in [2.75, 3.05) is 26.7 Å². The molecule has 1 aliphatic heterocycles. The van der Waals surface area contributed by atoms with Crippen LogP contribution in [0.1, 0.15) is 18.6 Å². The second-order valence-electron chi connectivity index (χ2n) is 4.61. The minimum absolute atomic E-state index is 0.0534. The van der Waals surface area contributed by atoms with Gasteiger partial charge in [0.05, 0.1) is 0 Å². The fourth-order valence-electron chi connectivity index (χ4n) is 2.33. The summed E-state index contributed by atoms with van der Waals surface area (Å²) in [4.78, 5) is 14.4. The van der Waals surface area contributed by atoms with E-state index in [9.17, 15) is 4.79 Å². The molecular weight excluding hydrogens is 228 g/mol. The number of nitrogens with zero attached hydrogens (tertiary/aromatic N) is 1. The minimum Gasteiger partial charge on any atom is -0.367 e. The standard InChI is InChI=1S/C14H20N2O2/c1-11-10-15-8-9-16(11)14(17)13(18-2)12-6-4-3-5-7-12/h3-7,11,13,15H,8-10H2,1-2H3/t11-,13?/m1/s1.